The van der Waals surface area contributed by atoms with Gasteiger partial charge in [0, 0.05) is 20.6 Å². The molecule has 0 bridgehead atoms. The third kappa shape index (κ3) is 3.52. The average Bonchev–Trinajstić information content (AvgIpc) is 2.38. The van der Waals surface area contributed by atoms with Gasteiger partial charge >= 0.3 is 0 Å². The SMILES string of the molecule is CN(C)C(=O)CNCc1cc(Cl)c2c(c1)OCCO2. The summed E-state index contributed by atoms with van der Waals surface area (Å²) in [6.07, 6.45) is 0. The van der Waals surface area contributed by atoms with Crippen molar-refractivity contribution in [3.8, 4) is 11.5 Å². The van der Waals surface area contributed by atoms with E-state index in [0.29, 0.717) is 42.8 Å². The molecule has 0 atom stereocenters. The van der Waals surface area contributed by atoms with Crippen molar-refractivity contribution in [3.63, 3.8) is 0 Å². The van der Waals surface area contributed by atoms with Gasteiger partial charge in [-0.15, -0.1) is 0 Å². The minimum atomic E-state index is 0.0311. The second-order valence-corrected chi connectivity index (χ2v) is 4.90. The van der Waals surface area contributed by atoms with Crippen molar-refractivity contribution in [2.24, 2.45) is 0 Å². The monoisotopic (exact) mass is 284 g/mol. The van der Waals surface area contributed by atoms with Crippen molar-refractivity contribution in [2.75, 3.05) is 33.9 Å². The minimum Gasteiger partial charge on any atom is -0.486 e. The number of ether oxygens (including phenoxy) is 2. The smallest absolute Gasteiger partial charge is 0.236 e. The molecule has 1 N–H and O–H groups in total. The zero-order chi connectivity index (χ0) is 13.8. The van der Waals surface area contributed by atoms with Gasteiger partial charge in [0.2, 0.25) is 5.91 Å². The van der Waals surface area contributed by atoms with Crippen LogP contribution in [-0.2, 0) is 11.3 Å². The lowest BCUT2D eigenvalue weighted by Gasteiger charge is -2.20. The van der Waals surface area contributed by atoms with Crippen LogP contribution in [0.15, 0.2) is 12.1 Å². The summed E-state index contributed by atoms with van der Waals surface area (Å²) < 4.78 is 10.9. The molecule has 0 radical (unpaired) electrons. The van der Waals surface area contributed by atoms with Gasteiger partial charge in [0.05, 0.1) is 11.6 Å². The number of carbonyl (C=O) groups is 1. The number of hydrogen-bond donors (Lipinski definition) is 1. The second kappa shape index (κ2) is 6.12. The molecule has 0 spiro atoms. The molecule has 2 rings (SSSR count). The lowest BCUT2D eigenvalue weighted by Crippen LogP contribution is -2.32. The van der Waals surface area contributed by atoms with E-state index in [2.05, 4.69) is 5.32 Å². The summed E-state index contributed by atoms with van der Waals surface area (Å²) >= 11 is 6.13. The molecule has 1 amide bonds. The van der Waals surface area contributed by atoms with Crippen molar-refractivity contribution in [3.05, 3.63) is 22.7 Å². The summed E-state index contributed by atoms with van der Waals surface area (Å²) in [5.41, 5.74) is 0.959. The van der Waals surface area contributed by atoms with Crippen LogP contribution in [0.3, 0.4) is 0 Å². The fourth-order valence-corrected chi connectivity index (χ4v) is 2.03. The Morgan fingerprint density at radius 3 is 2.84 bits per heavy atom. The summed E-state index contributed by atoms with van der Waals surface area (Å²) in [7, 11) is 3.45. The quantitative estimate of drug-likeness (QED) is 0.905. The summed E-state index contributed by atoms with van der Waals surface area (Å²) in [6.45, 7) is 1.88. The van der Waals surface area contributed by atoms with Crippen LogP contribution in [0.1, 0.15) is 5.56 Å². The fraction of sp³-hybridized carbons (Fsp3) is 0.462. The standard InChI is InChI=1S/C13H17ClN2O3/c1-16(2)12(17)8-15-7-9-5-10(14)13-11(6-9)18-3-4-19-13/h5-6,15H,3-4,7-8H2,1-2H3. The van der Waals surface area contributed by atoms with E-state index in [1.165, 1.54) is 0 Å². The first kappa shape index (κ1) is 14.0. The van der Waals surface area contributed by atoms with Crippen LogP contribution in [0.2, 0.25) is 5.02 Å². The highest BCUT2D eigenvalue weighted by Crippen LogP contribution is 2.38. The second-order valence-electron chi connectivity index (χ2n) is 4.49. The van der Waals surface area contributed by atoms with Crippen LogP contribution >= 0.6 is 11.6 Å². The molecule has 0 fully saturated rings. The molecule has 6 heteroatoms. The van der Waals surface area contributed by atoms with Gasteiger partial charge in [-0.2, -0.15) is 0 Å². The number of fused-ring (bicyclic) bond motifs is 1. The predicted octanol–water partition coefficient (Wildman–Crippen LogP) is 1.29. The number of halogens is 1. The maximum atomic E-state index is 11.4. The first-order chi connectivity index (χ1) is 9.08. The summed E-state index contributed by atoms with van der Waals surface area (Å²) in [6, 6.07) is 3.70. The molecule has 104 valence electrons. The van der Waals surface area contributed by atoms with Gasteiger partial charge < -0.3 is 19.7 Å². The fourth-order valence-electron chi connectivity index (χ4n) is 1.74. The highest BCUT2D eigenvalue weighted by molar-refractivity contribution is 6.32. The lowest BCUT2D eigenvalue weighted by atomic mass is 10.2. The normalized spacial score (nSPS) is 13.2. The van der Waals surface area contributed by atoms with E-state index in [9.17, 15) is 4.79 Å². The Morgan fingerprint density at radius 1 is 1.37 bits per heavy atom. The Balaban J connectivity index is 1.98. The van der Waals surface area contributed by atoms with Crippen LogP contribution < -0.4 is 14.8 Å². The Labute approximate surface area is 117 Å². The molecular formula is C13H17ClN2O3. The highest BCUT2D eigenvalue weighted by atomic mass is 35.5. The van der Waals surface area contributed by atoms with Gasteiger partial charge in [-0.25, -0.2) is 0 Å². The largest absolute Gasteiger partial charge is 0.486 e. The molecule has 1 aliphatic rings. The van der Waals surface area contributed by atoms with E-state index in [1.54, 1.807) is 19.0 Å². The minimum absolute atomic E-state index is 0.0311. The van der Waals surface area contributed by atoms with Crippen molar-refractivity contribution >= 4 is 17.5 Å². The third-order valence-electron chi connectivity index (χ3n) is 2.76. The van der Waals surface area contributed by atoms with Crippen molar-refractivity contribution in [1.82, 2.24) is 10.2 Å². The predicted molar refractivity (Wildman–Crippen MR) is 72.8 cm³/mol. The summed E-state index contributed by atoms with van der Waals surface area (Å²) in [5, 5.41) is 3.61. The van der Waals surface area contributed by atoms with Gasteiger partial charge in [-0.3, -0.25) is 4.79 Å². The third-order valence-corrected chi connectivity index (χ3v) is 3.04. The van der Waals surface area contributed by atoms with Crippen LogP contribution in [0.5, 0.6) is 11.5 Å². The average molecular weight is 285 g/mol. The van der Waals surface area contributed by atoms with Crippen LogP contribution in [0.25, 0.3) is 0 Å². The number of nitrogens with zero attached hydrogens (tertiary/aromatic N) is 1. The molecule has 1 aliphatic heterocycles. The van der Waals surface area contributed by atoms with Gasteiger partial charge in [0.25, 0.3) is 0 Å². The van der Waals surface area contributed by atoms with E-state index in [1.807, 2.05) is 12.1 Å². The van der Waals surface area contributed by atoms with Crippen molar-refractivity contribution in [2.45, 2.75) is 6.54 Å². The highest BCUT2D eigenvalue weighted by Gasteiger charge is 2.16. The Bertz CT molecular complexity index is 477. The molecule has 19 heavy (non-hydrogen) atoms. The van der Waals surface area contributed by atoms with Gasteiger partial charge in [0.1, 0.15) is 13.2 Å². The topological polar surface area (TPSA) is 50.8 Å². The summed E-state index contributed by atoms with van der Waals surface area (Å²) in [5.74, 6) is 1.29. The number of benzene rings is 1. The number of hydrogen-bond acceptors (Lipinski definition) is 4. The number of carbonyl (C=O) groups excluding carboxylic acids is 1. The van der Waals surface area contributed by atoms with Gasteiger partial charge in [-0.05, 0) is 17.7 Å². The van der Waals surface area contributed by atoms with Crippen LogP contribution in [-0.4, -0.2) is 44.7 Å². The Hall–Kier alpha value is -1.46. The maximum Gasteiger partial charge on any atom is 0.236 e. The molecule has 0 aliphatic carbocycles. The first-order valence-electron chi connectivity index (χ1n) is 6.07. The van der Waals surface area contributed by atoms with E-state index in [-0.39, 0.29) is 5.91 Å². The first-order valence-corrected chi connectivity index (χ1v) is 6.44. The lowest BCUT2D eigenvalue weighted by molar-refractivity contribution is -0.127. The Kier molecular flexibility index (Phi) is 4.50. The van der Waals surface area contributed by atoms with E-state index in [0.717, 1.165) is 5.56 Å². The maximum absolute atomic E-state index is 11.4. The number of amides is 1. The molecule has 1 heterocycles. The zero-order valence-electron chi connectivity index (χ0n) is 11.0. The number of nitrogens with one attached hydrogen (secondary N) is 1. The van der Waals surface area contributed by atoms with Gasteiger partial charge in [-0.1, -0.05) is 11.6 Å². The summed E-state index contributed by atoms with van der Waals surface area (Å²) in [4.78, 5) is 13.0. The molecule has 0 unspecified atom stereocenters. The van der Waals surface area contributed by atoms with E-state index >= 15 is 0 Å². The van der Waals surface area contributed by atoms with Crippen molar-refractivity contribution < 1.29 is 14.3 Å². The molecule has 0 saturated heterocycles. The molecule has 1 aromatic carbocycles. The number of rotatable bonds is 4. The molecule has 1 aromatic rings. The Morgan fingerprint density at radius 2 is 2.11 bits per heavy atom. The van der Waals surface area contributed by atoms with E-state index < -0.39 is 0 Å². The van der Waals surface area contributed by atoms with Crippen molar-refractivity contribution in [1.29, 1.82) is 0 Å². The zero-order valence-corrected chi connectivity index (χ0v) is 11.8. The molecule has 5 nitrogen and oxygen atoms in total. The van der Waals surface area contributed by atoms with Crippen LogP contribution in [0.4, 0.5) is 0 Å². The molecular weight excluding hydrogens is 268 g/mol. The van der Waals surface area contributed by atoms with Crippen LogP contribution in [0, 0.1) is 0 Å². The molecule has 0 aromatic heterocycles. The number of likely N-dealkylation sites (N-methyl/N-ethyl adjacent to an activating group) is 1. The molecule has 0 saturated carbocycles. The van der Waals surface area contributed by atoms with E-state index in [4.69, 9.17) is 21.1 Å². The van der Waals surface area contributed by atoms with Gasteiger partial charge in [0.15, 0.2) is 11.5 Å².